The van der Waals surface area contributed by atoms with Crippen molar-refractivity contribution >= 4 is 28.0 Å². The molecule has 6 nitrogen and oxygen atoms in total. The van der Waals surface area contributed by atoms with Crippen LogP contribution in [-0.4, -0.2) is 44.2 Å². The number of carbonyl (C=O) groups excluding carboxylic acids is 1. The maximum atomic E-state index is 12.4. The third-order valence-corrected chi connectivity index (χ3v) is 5.98. The van der Waals surface area contributed by atoms with Gasteiger partial charge in [-0.25, -0.2) is 14.8 Å². The highest BCUT2D eigenvalue weighted by Gasteiger charge is 2.28. The lowest BCUT2D eigenvalue weighted by Gasteiger charge is -2.33. The number of benzene rings is 2. The number of carbonyl (C=O) groups is 1. The molecule has 2 aromatic carbocycles. The maximum absolute atomic E-state index is 12.4. The van der Waals surface area contributed by atoms with Gasteiger partial charge >= 0.3 is 6.09 Å². The van der Waals surface area contributed by atoms with Gasteiger partial charge in [-0.1, -0.05) is 36.4 Å². The van der Waals surface area contributed by atoms with E-state index in [0.29, 0.717) is 13.1 Å². The molecule has 0 N–H and O–H groups in total. The first-order valence-corrected chi connectivity index (χ1v) is 11.2. The van der Waals surface area contributed by atoms with Crippen LogP contribution in [0.1, 0.15) is 39.7 Å². The predicted molar refractivity (Wildman–Crippen MR) is 127 cm³/mol. The molecule has 0 bridgehead atoms. The van der Waals surface area contributed by atoms with Crippen LogP contribution < -0.4 is 0 Å². The molecule has 3 heterocycles. The number of pyridine rings is 1. The van der Waals surface area contributed by atoms with Gasteiger partial charge < -0.3 is 14.2 Å². The maximum Gasteiger partial charge on any atom is 0.410 e. The Hall–Kier alpha value is -3.41. The lowest BCUT2D eigenvalue weighted by atomic mass is 10.0. The predicted octanol–water partition coefficient (Wildman–Crippen LogP) is 5.82. The zero-order chi connectivity index (χ0) is 22.3. The van der Waals surface area contributed by atoms with E-state index in [1.807, 2.05) is 39.2 Å². The number of imidazole rings is 1. The van der Waals surface area contributed by atoms with Crippen LogP contribution in [-0.2, 0) is 4.74 Å². The van der Waals surface area contributed by atoms with E-state index in [1.165, 1.54) is 10.8 Å². The lowest BCUT2D eigenvalue weighted by Crippen LogP contribution is -2.42. The van der Waals surface area contributed by atoms with Gasteiger partial charge in [0, 0.05) is 24.7 Å². The third kappa shape index (κ3) is 4.05. The lowest BCUT2D eigenvalue weighted by molar-refractivity contribution is 0.0189. The number of hydrogen-bond donors (Lipinski definition) is 0. The van der Waals surface area contributed by atoms with Crippen molar-refractivity contribution in [3.8, 4) is 11.3 Å². The molecule has 1 amide bonds. The van der Waals surface area contributed by atoms with Crippen LogP contribution in [0.5, 0.6) is 0 Å². The summed E-state index contributed by atoms with van der Waals surface area (Å²) in [5, 5.41) is 2.43. The number of piperidine rings is 1. The summed E-state index contributed by atoms with van der Waals surface area (Å²) in [6, 6.07) is 19.1. The van der Waals surface area contributed by atoms with Crippen molar-refractivity contribution in [2.24, 2.45) is 0 Å². The Morgan fingerprint density at radius 1 is 1.00 bits per heavy atom. The van der Waals surface area contributed by atoms with Crippen molar-refractivity contribution in [1.29, 1.82) is 0 Å². The second-order valence-corrected chi connectivity index (χ2v) is 9.45. The summed E-state index contributed by atoms with van der Waals surface area (Å²) in [6.45, 7) is 7.03. The van der Waals surface area contributed by atoms with Crippen LogP contribution in [0, 0.1) is 0 Å². The number of hydrogen-bond acceptors (Lipinski definition) is 4. The Morgan fingerprint density at radius 2 is 1.75 bits per heavy atom. The average molecular weight is 429 g/mol. The third-order valence-electron chi connectivity index (χ3n) is 5.98. The molecule has 0 unspecified atom stereocenters. The Morgan fingerprint density at radius 3 is 2.50 bits per heavy atom. The molecule has 0 spiro atoms. The van der Waals surface area contributed by atoms with Gasteiger partial charge in [-0.15, -0.1) is 0 Å². The zero-order valence-corrected chi connectivity index (χ0v) is 18.8. The number of fused-ring (bicyclic) bond motifs is 2. The van der Waals surface area contributed by atoms with Crippen molar-refractivity contribution in [2.75, 3.05) is 13.1 Å². The van der Waals surface area contributed by atoms with Crippen LogP contribution in [0.25, 0.3) is 33.2 Å². The number of amides is 1. The van der Waals surface area contributed by atoms with Crippen molar-refractivity contribution < 1.29 is 9.53 Å². The summed E-state index contributed by atoms with van der Waals surface area (Å²) < 4.78 is 7.70. The average Bonchev–Trinajstić information content (AvgIpc) is 3.21. The number of ether oxygens (including phenoxy) is 1. The van der Waals surface area contributed by atoms with Crippen LogP contribution in [0.2, 0.25) is 0 Å². The molecule has 1 saturated heterocycles. The highest BCUT2D eigenvalue weighted by molar-refractivity contribution is 5.87. The standard InChI is InChI=1S/C26H28N4O2/c1-26(2,3)32-25(31)29-14-12-21(13-15-29)30-17-27-23-11-10-22(28-24(23)30)20-9-8-18-6-4-5-7-19(18)16-20/h4-11,16-17,21H,12-15H2,1-3H3. The highest BCUT2D eigenvalue weighted by Crippen LogP contribution is 2.29. The molecule has 4 aromatic rings. The molecule has 1 aliphatic rings. The SMILES string of the molecule is CC(C)(C)OC(=O)N1CCC(n2cnc3ccc(-c4ccc5ccccc5c4)nc32)CC1. The minimum atomic E-state index is -0.475. The highest BCUT2D eigenvalue weighted by atomic mass is 16.6. The molecular formula is C26H28N4O2. The molecule has 0 radical (unpaired) electrons. The minimum absolute atomic E-state index is 0.233. The second kappa shape index (κ2) is 7.93. The molecule has 1 fully saturated rings. The van der Waals surface area contributed by atoms with E-state index in [9.17, 15) is 4.79 Å². The summed E-state index contributed by atoms with van der Waals surface area (Å²) in [5.41, 5.74) is 3.35. The summed E-state index contributed by atoms with van der Waals surface area (Å²) in [4.78, 5) is 23.7. The van der Waals surface area contributed by atoms with E-state index in [0.717, 1.165) is 35.3 Å². The molecule has 164 valence electrons. The van der Waals surface area contributed by atoms with E-state index >= 15 is 0 Å². The zero-order valence-electron chi connectivity index (χ0n) is 18.8. The van der Waals surface area contributed by atoms with Crippen molar-refractivity contribution in [3.05, 3.63) is 60.9 Å². The van der Waals surface area contributed by atoms with Crippen LogP contribution in [0.4, 0.5) is 4.79 Å². The Labute approximate surface area is 187 Å². The minimum Gasteiger partial charge on any atom is -0.444 e. The van der Waals surface area contributed by atoms with Gasteiger partial charge in [0.2, 0.25) is 0 Å². The summed E-state index contributed by atoms with van der Waals surface area (Å²) in [7, 11) is 0. The second-order valence-electron chi connectivity index (χ2n) is 9.45. The topological polar surface area (TPSA) is 60.2 Å². The van der Waals surface area contributed by atoms with Crippen molar-refractivity contribution in [3.63, 3.8) is 0 Å². The first-order valence-electron chi connectivity index (χ1n) is 11.2. The number of likely N-dealkylation sites (tertiary alicyclic amines) is 1. The van der Waals surface area contributed by atoms with Gasteiger partial charge in [0.15, 0.2) is 5.65 Å². The number of rotatable bonds is 2. The van der Waals surface area contributed by atoms with Gasteiger partial charge in [-0.3, -0.25) is 0 Å². The monoisotopic (exact) mass is 428 g/mol. The van der Waals surface area contributed by atoms with Gasteiger partial charge in [-0.2, -0.15) is 0 Å². The Kier molecular flexibility index (Phi) is 5.08. The molecule has 1 aliphatic heterocycles. The Bertz CT molecular complexity index is 1280. The van der Waals surface area contributed by atoms with E-state index in [1.54, 1.807) is 4.90 Å². The fourth-order valence-corrected chi connectivity index (χ4v) is 4.34. The largest absolute Gasteiger partial charge is 0.444 e. The fourth-order valence-electron chi connectivity index (χ4n) is 4.34. The summed E-state index contributed by atoms with van der Waals surface area (Å²) in [5.74, 6) is 0. The molecular weight excluding hydrogens is 400 g/mol. The molecule has 6 heteroatoms. The smallest absolute Gasteiger partial charge is 0.410 e. The fraction of sp³-hybridized carbons (Fsp3) is 0.346. The molecule has 0 saturated carbocycles. The number of nitrogens with zero attached hydrogens (tertiary/aromatic N) is 4. The van der Waals surface area contributed by atoms with Crippen molar-refractivity contribution in [1.82, 2.24) is 19.4 Å². The first-order chi connectivity index (χ1) is 15.4. The van der Waals surface area contributed by atoms with Crippen LogP contribution in [0.3, 0.4) is 0 Å². The molecule has 5 rings (SSSR count). The van der Waals surface area contributed by atoms with Gasteiger partial charge in [0.25, 0.3) is 0 Å². The van der Waals surface area contributed by atoms with Gasteiger partial charge in [0.05, 0.1) is 12.0 Å². The summed E-state index contributed by atoms with van der Waals surface area (Å²) in [6.07, 6.45) is 3.36. The molecule has 32 heavy (non-hydrogen) atoms. The summed E-state index contributed by atoms with van der Waals surface area (Å²) >= 11 is 0. The molecule has 0 atom stereocenters. The first kappa shape index (κ1) is 20.5. The Balaban J connectivity index is 1.38. The van der Waals surface area contributed by atoms with E-state index in [2.05, 4.69) is 52.0 Å². The van der Waals surface area contributed by atoms with Gasteiger partial charge in [0.1, 0.15) is 11.1 Å². The molecule has 2 aromatic heterocycles. The normalized spacial score (nSPS) is 15.4. The van der Waals surface area contributed by atoms with Crippen molar-refractivity contribution in [2.45, 2.75) is 45.3 Å². The van der Waals surface area contributed by atoms with E-state index in [4.69, 9.17) is 9.72 Å². The van der Waals surface area contributed by atoms with Gasteiger partial charge in [-0.05, 0) is 62.6 Å². The number of aromatic nitrogens is 3. The van der Waals surface area contributed by atoms with E-state index in [-0.39, 0.29) is 12.1 Å². The van der Waals surface area contributed by atoms with Crippen LogP contribution >= 0.6 is 0 Å². The van der Waals surface area contributed by atoms with Crippen LogP contribution in [0.15, 0.2) is 60.9 Å². The quantitative estimate of drug-likeness (QED) is 0.403. The van der Waals surface area contributed by atoms with E-state index < -0.39 is 5.60 Å². The molecule has 0 aliphatic carbocycles.